The number of nitrogens with zero attached hydrogens (tertiary/aromatic N) is 3. The van der Waals surface area contributed by atoms with Crippen LogP contribution in [0.1, 0.15) is 40.0 Å². The maximum Gasteiger partial charge on any atom is 0.243 e. The molecule has 1 rings (SSSR count). The topological polar surface area (TPSA) is 77.0 Å². The van der Waals surface area contributed by atoms with E-state index in [0.29, 0.717) is 18.9 Å². The van der Waals surface area contributed by atoms with Gasteiger partial charge in [0.25, 0.3) is 0 Å². The van der Waals surface area contributed by atoms with Crippen LogP contribution in [-0.2, 0) is 9.59 Å². The van der Waals surface area contributed by atoms with E-state index >= 15 is 0 Å². The Labute approximate surface area is 139 Å². The van der Waals surface area contributed by atoms with Crippen molar-refractivity contribution in [1.29, 1.82) is 0 Å². The lowest BCUT2D eigenvalue weighted by Gasteiger charge is -2.21. The van der Waals surface area contributed by atoms with Crippen LogP contribution < -0.4 is 10.6 Å². The third-order valence-electron chi connectivity index (χ3n) is 4.05. The van der Waals surface area contributed by atoms with Gasteiger partial charge in [0.05, 0.1) is 0 Å². The Morgan fingerprint density at radius 3 is 2.61 bits per heavy atom. The maximum atomic E-state index is 11.8. The zero-order chi connectivity index (χ0) is 17.4. The maximum absolute atomic E-state index is 11.8. The summed E-state index contributed by atoms with van der Waals surface area (Å²) in [5.74, 6) is 0.792. The lowest BCUT2D eigenvalue weighted by atomic mass is 10.2. The minimum atomic E-state index is -0.0375. The lowest BCUT2D eigenvalue weighted by molar-refractivity contribution is -0.130. The fourth-order valence-electron chi connectivity index (χ4n) is 2.28. The van der Waals surface area contributed by atoms with Crippen LogP contribution in [0.25, 0.3) is 0 Å². The number of hydrogen-bond donors (Lipinski definition) is 2. The summed E-state index contributed by atoms with van der Waals surface area (Å²) < 4.78 is 0. The Morgan fingerprint density at radius 2 is 2.04 bits per heavy atom. The molecule has 0 aromatic rings. The van der Waals surface area contributed by atoms with Gasteiger partial charge in [0.1, 0.15) is 6.54 Å². The number of carbonyl (C=O) groups excluding carboxylic acids is 2. The van der Waals surface area contributed by atoms with Gasteiger partial charge in [-0.25, -0.2) is 4.99 Å². The van der Waals surface area contributed by atoms with Crippen LogP contribution in [0.15, 0.2) is 4.99 Å². The number of rotatable bonds is 6. The number of carbonyl (C=O) groups is 2. The summed E-state index contributed by atoms with van der Waals surface area (Å²) in [6.07, 6.45) is 2.40. The van der Waals surface area contributed by atoms with Crippen molar-refractivity contribution in [2.75, 3.05) is 33.7 Å². The number of likely N-dealkylation sites (tertiary alicyclic amines) is 1. The molecule has 7 nitrogen and oxygen atoms in total. The minimum absolute atomic E-state index is 0.0375. The molecular formula is C16H31N5O2. The van der Waals surface area contributed by atoms with Crippen LogP contribution in [-0.4, -0.2) is 73.4 Å². The molecule has 1 aliphatic rings. The number of amides is 2. The number of nitrogens with one attached hydrogen (secondary N) is 2. The highest BCUT2D eigenvalue weighted by molar-refractivity contribution is 5.85. The molecule has 1 aliphatic heterocycles. The van der Waals surface area contributed by atoms with Gasteiger partial charge in [-0.05, 0) is 19.8 Å². The van der Waals surface area contributed by atoms with E-state index in [4.69, 9.17) is 0 Å². The summed E-state index contributed by atoms with van der Waals surface area (Å²) in [6.45, 7) is 7.63. The molecule has 0 radical (unpaired) electrons. The smallest absolute Gasteiger partial charge is 0.243 e. The molecular weight excluding hydrogens is 294 g/mol. The molecule has 7 heteroatoms. The van der Waals surface area contributed by atoms with Crippen molar-refractivity contribution in [3.8, 4) is 0 Å². The van der Waals surface area contributed by atoms with Crippen LogP contribution in [0.4, 0.5) is 0 Å². The highest BCUT2D eigenvalue weighted by Gasteiger charge is 2.26. The zero-order valence-electron chi connectivity index (χ0n) is 15.1. The zero-order valence-corrected chi connectivity index (χ0v) is 15.1. The van der Waals surface area contributed by atoms with E-state index in [0.717, 1.165) is 19.4 Å². The van der Waals surface area contributed by atoms with Gasteiger partial charge < -0.3 is 20.4 Å². The number of hydrogen-bond acceptors (Lipinski definition) is 3. The summed E-state index contributed by atoms with van der Waals surface area (Å²) in [4.78, 5) is 31.3. The van der Waals surface area contributed by atoms with Crippen LogP contribution in [0.3, 0.4) is 0 Å². The van der Waals surface area contributed by atoms with E-state index in [1.807, 2.05) is 11.8 Å². The molecule has 2 unspecified atom stereocenters. The quantitative estimate of drug-likeness (QED) is 0.548. The van der Waals surface area contributed by atoms with Crippen molar-refractivity contribution < 1.29 is 9.59 Å². The van der Waals surface area contributed by atoms with Gasteiger partial charge in [-0.2, -0.15) is 0 Å². The second-order valence-corrected chi connectivity index (χ2v) is 6.23. The highest BCUT2D eigenvalue weighted by atomic mass is 16.2. The molecule has 1 saturated heterocycles. The molecule has 1 fully saturated rings. The third-order valence-corrected chi connectivity index (χ3v) is 4.05. The summed E-state index contributed by atoms with van der Waals surface area (Å²) in [6, 6.07) is 0.445. The summed E-state index contributed by atoms with van der Waals surface area (Å²) >= 11 is 0. The van der Waals surface area contributed by atoms with Crippen molar-refractivity contribution in [2.24, 2.45) is 4.99 Å². The van der Waals surface area contributed by atoms with E-state index in [-0.39, 0.29) is 30.4 Å². The molecule has 0 saturated carbocycles. The number of guanidine groups is 1. The van der Waals surface area contributed by atoms with Gasteiger partial charge in [0.15, 0.2) is 5.96 Å². The Morgan fingerprint density at radius 1 is 1.35 bits per heavy atom. The first-order valence-electron chi connectivity index (χ1n) is 8.42. The van der Waals surface area contributed by atoms with Gasteiger partial charge in [0.2, 0.25) is 11.8 Å². The second kappa shape index (κ2) is 9.37. The fraction of sp³-hybridized carbons (Fsp3) is 0.812. The SMILES string of the molecule is CCC(=O)N1CCC(NC(=NCC(=O)N(C)C)NC(C)CC)C1. The monoisotopic (exact) mass is 325 g/mol. The summed E-state index contributed by atoms with van der Waals surface area (Å²) in [5.41, 5.74) is 0. The summed E-state index contributed by atoms with van der Waals surface area (Å²) in [7, 11) is 3.44. The molecule has 132 valence electrons. The lowest BCUT2D eigenvalue weighted by Crippen LogP contribution is -2.48. The third kappa shape index (κ3) is 6.46. The molecule has 0 bridgehead atoms. The predicted octanol–water partition coefficient (Wildman–Crippen LogP) is 0.419. The van der Waals surface area contributed by atoms with E-state index in [2.05, 4.69) is 29.5 Å². The number of likely N-dealkylation sites (N-methyl/N-ethyl adjacent to an activating group) is 1. The van der Waals surface area contributed by atoms with E-state index in [1.54, 1.807) is 14.1 Å². The Kier molecular flexibility index (Phi) is 7.85. The van der Waals surface area contributed by atoms with Crippen LogP contribution in [0, 0.1) is 0 Å². The van der Waals surface area contributed by atoms with Crippen molar-refractivity contribution in [3.63, 3.8) is 0 Å². The van der Waals surface area contributed by atoms with Crippen molar-refractivity contribution in [2.45, 2.75) is 52.1 Å². The van der Waals surface area contributed by atoms with Gasteiger partial charge in [0, 0.05) is 45.7 Å². The number of aliphatic imine (C=N–C) groups is 1. The average Bonchev–Trinajstić information content (AvgIpc) is 2.99. The molecule has 0 aromatic heterocycles. The molecule has 0 aromatic carbocycles. The normalized spacial score (nSPS) is 19.4. The molecule has 0 spiro atoms. The van der Waals surface area contributed by atoms with E-state index < -0.39 is 0 Å². The van der Waals surface area contributed by atoms with Crippen molar-refractivity contribution >= 4 is 17.8 Å². The Balaban J connectivity index is 2.64. The Hall–Kier alpha value is -1.79. The molecule has 2 amide bonds. The van der Waals surface area contributed by atoms with Crippen LogP contribution >= 0.6 is 0 Å². The van der Waals surface area contributed by atoms with Crippen LogP contribution in [0.5, 0.6) is 0 Å². The average molecular weight is 325 g/mol. The van der Waals surface area contributed by atoms with Gasteiger partial charge >= 0.3 is 0 Å². The van der Waals surface area contributed by atoms with Crippen molar-refractivity contribution in [1.82, 2.24) is 20.4 Å². The van der Waals surface area contributed by atoms with Gasteiger partial charge in [-0.1, -0.05) is 13.8 Å². The highest BCUT2D eigenvalue weighted by Crippen LogP contribution is 2.10. The minimum Gasteiger partial charge on any atom is -0.354 e. The molecule has 2 N–H and O–H groups in total. The first-order chi connectivity index (χ1) is 10.9. The van der Waals surface area contributed by atoms with Crippen LogP contribution in [0.2, 0.25) is 0 Å². The standard InChI is InChI=1S/C16H31N5O2/c1-6-12(3)18-16(17-10-15(23)20(4)5)19-13-8-9-21(11-13)14(22)7-2/h12-13H,6-11H2,1-5H3,(H2,17,18,19). The van der Waals surface area contributed by atoms with Gasteiger partial charge in [-0.3, -0.25) is 9.59 Å². The molecule has 2 atom stereocenters. The predicted molar refractivity (Wildman–Crippen MR) is 92.3 cm³/mol. The van der Waals surface area contributed by atoms with Gasteiger partial charge in [-0.15, -0.1) is 0 Å². The molecule has 0 aliphatic carbocycles. The Bertz CT molecular complexity index is 436. The first kappa shape index (κ1) is 19.3. The second-order valence-electron chi connectivity index (χ2n) is 6.23. The van der Waals surface area contributed by atoms with E-state index in [1.165, 1.54) is 4.90 Å². The largest absolute Gasteiger partial charge is 0.354 e. The van der Waals surface area contributed by atoms with Crippen molar-refractivity contribution in [3.05, 3.63) is 0 Å². The summed E-state index contributed by atoms with van der Waals surface area (Å²) in [5, 5.41) is 6.67. The molecule has 1 heterocycles. The van der Waals surface area contributed by atoms with E-state index in [9.17, 15) is 9.59 Å². The fourth-order valence-corrected chi connectivity index (χ4v) is 2.28. The molecule has 23 heavy (non-hydrogen) atoms. The first-order valence-corrected chi connectivity index (χ1v) is 8.42.